The maximum absolute atomic E-state index is 13.5. The molecule has 0 aromatic rings. The molecule has 0 heterocycles. The van der Waals surface area contributed by atoms with Gasteiger partial charge in [0.25, 0.3) is 0 Å². The molecule has 5 nitrogen and oxygen atoms in total. The quantitative estimate of drug-likeness (QED) is 0.432. The lowest BCUT2D eigenvalue weighted by atomic mass is 9.37. The van der Waals surface area contributed by atoms with Crippen molar-refractivity contribution >= 4 is 11.6 Å². The van der Waals surface area contributed by atoms with E-state index < -0.39 is 16.9 Å². The van der Waals surface area contributed by atoms with Crippen LogP contribution < -0.4 is 0 Å². The van der Waals surface area contributed by atoms with Crippen LogP contribution in [-0.2, 0) is 9.59 Å². The summed E-state index contributed by atoms with van der Waals surface area (Å²) in [5, 5.41) is 31.1. The summed E-state index contributed by atoms with van der Waals surface area (Å²) in [6, 6.07) is 2.19. The molecule has 4 aliphatic carbocycles. The van der Waals surface area contributed by atoms with Gasteiger partial charge in [-0.05, 0) is 84.4 Å². The van der Waals surface area contributed by atoms with Crippen LogP contribution in [0.5, 0.6) is 0 Å². The molecule has 0 radical (unpaired) electrons. The molecule has 0 bridgehead atoms. The number of hydrogen-bond acceptors (Lipinski definition) is 5. The summed E-state index contributed by atoms with van der Waals surface area (Å²) >= 11 is 0. The Morgan fingerprint density at radius 2 is 1.68 bits per heavy atom. The van der Waals surface area contributed by atoms with Crippen LogP contribution in [0.2, 0.25) is 0 Å². The molecule has 0 aliphatic heterocycles. The molecule has 0 aromatic carbocycles. The maximum Gasteiger partial charge on any atom is 0.178 e. The zero-order valence-electron chi connectivity index (χ0n) is 25.1. The molecule has 212 valence electrons. The van der Waals surface area contributed by atoms with Gasteiger partial charge in [-0.15, -0.1) is 0 Å². The fourth-order valence-electron chi connectivity index (χ4n) is 10.3. The molecule has 38 heavy (non-hydrogen) atoms. The maximum atomic E-state index is 13.5. The molecule has 8 atom stereocenters. The first-order valence-electron chi connectivity index (χ1n) is 14.9. The lowest BCUT2D eigenvalue weighted by Crippen LogP contribution is -2.62. The number of nitriles is 1. The fourth-order valence-corrected chi connectivity index (χ4v) is 10.3. The van der Waals surface area contributed by atoms with E-state index in [2.05, 4.69) is 47.6 Å². The Morgan fingerprint density at radius 1 is 1.03 bits per heavy atom. The van der Waals surface area contributed by atoms with Crippen LogP contribution in [0.3, 0.4) is 0 Å². The summed E-state index contributed by atoms with van der Waals surface area (Å²) in [6.07, 6.45) is 8.59. The van der Waals surface area contributed by atoms with Crippen LogP contribution in [-0.4, -0.2) is 34.5 Å². The minimum Gasteiger partial charge on any atom is -0.394 e. The van der Waals surface area contributed by atoms with Gasteiger partial charge in [0.15, 0.2) is 5.78 Å². The predicted octanol–water partition coefficient (Wildman–Crippen LogP) is 6.42. The third-order valence-electron chi connectivity index (χ3n) is 13.0. The van der Waals surface area contributed by atoms with Crippen LogP contribution in [0.15, 0.2) is 11.6 Å². The summed E-state index contributed by atoms with van der Waals surface area (Å²) in [6.45, 7) is 17.4. The Balaban J connectivity index is 1.72. The number of rotatable bonds is 5. The van der Waals surface area contributed by atoms with Gasteiger partial charge in [0.2, 0.25) is 0 Å². The van der Waals surface area contributed by atoms with Crippen LogP contribution in [0.4, 0.5) is 0 Å². The molecule has 2 N–H and O–H groups in total. The minimum absolute atomic E-state index is 0.0529. The highest BCUT2D eigenvalue weighted by Gasteiger charge is 2.66. The van der Waals surface area contributed by atoms with Gasteiger partial charge >= 0.3 is 0 Å². The number of ketones is 2. The van der Waals surface area contributed by atoms with Gasteiger partial charge in [0.05, 0.1) is 18.3 Å². The number of allylic oxidation sites excluding steroid dienone is 2. The highest BCUT2D eigenvalue weighted by molar-refractivity contribution is 6.04. The summed E-state index contributed by atoms with van der Waals surface area (Å²) in [5.41, 5.74) is -1.31. The number of aliphatic hydroxyl groups excluding tert-OH is 2. The standard InChI is InChI=1S/C33H51NO4/c1-21-16-28(2,3)11-13-33(21,26(37)20-35)14-12-30(6)18-23(36)15-25-31(7)17-22(19-34)27(38)29(4,5)24(31)9-10-32(25,30)8/h17,21,24-26,35,37H,9-16,18,20H2,1-8H3/t21?,24-,25+,26?,30+,31-,32+,33-/m0/s1. The monoisotopic (exact) mass is 525 g/mol. The molecule has 4 aliphatic rings. The fraction of sp³-hybridized carbons (Fsp3) is 0.848. The zero-order chi connectivity index (χ0) is 28.5. The molecule has 3 fully saturated rings. The third-order valence-corrected chi connectivity index (χ3v) is 13.0. The average Bonchev–Trinajstić information content (AvgIpc) is 2.82. The molecule has 2 unspecified atom stereocenters. The van der Waals surface area contributed by atoms with Crippen molar-refractivity contribution in [3.63, 3.8) is 0 Å². The summed E-state index contributed by atoms with van der Waals surface area (Å²) in [4.78, 5) is 26.7. The lowest BCUT2D eigenvalue weighted by Gasteiger charge is -2.66. The SMILES string of the molecule is CC1CC(C)(C)CC[C@@]1(CC[C@]1(C)CC(=O)C[C@@H]2[C@@]3(C)C=C(C#N)C(=O)C(C)(C)[C@@H]3CC[C@]21C)C(O)CO. The highest BCUT2D eigenvalue weighted by Crippen LogP contribution is 2.71. The number of nitrogens with zero attached hydrogens (tertiary/aromatic N) is 1. The summed E-state index contributed by atoms with van der Waals surface area (Å²) in [7, 11) is 0. The van der Waals surface area contributed by atoms with E-state index >= 15 is 0 Å². The van der Waals surface area contributed by atoms with Gasteiger partial charge in [0, 0.05) is 23.7 Å². The minimum atomic E-state index is -0.764. The molecule has 0 amide bonds. The predicted molar refractivity (Wildman–Crippen MR) is 149 cm³/mol. The van der Waals surface area contributed by atoms with Crippen molar-refractivity contribution in [1.29, 1.82) is 5.26 Å². The van der Waals surface area contributed by atoms with Gasteiger partial charge < -0.3 is 10.2 Å². The molecule has 0 saturated heterocycles. The molecule has 0 aromatic heterocycles. The molecular formula is C33H51NO4. The van der Waals surface area contributed by atoms with Gasteiger partial charge in [-0.25, -0.2) is 0 Å². The number of carbonyl (C=O) groups excluding carboxylic acids is 2. The Bertz CT molecular complexity index is 1070. The van der Waals surface area contributed by atoms with E-state index in [0.717, 1.165) is 44.9 Å². The largest absolute Gasteiger partial charge is 0.394 e. The van der Waals surface area contributed by atoms with Crippen molar-refractivity contribution in [3.05, 3.63) is 11.6 Å². The first kappa shape index (κ1) is 29.5. The number of hydrogen-bond donors (Lipinski definition) is 2. The molecule has 3 saturated carbocycles. The van der Waals surface area contributed by atoms with E-state index in [1.807, 2.05) is 19.9 Å². The Morgan fingerprint density at radius 3 is 2.26 bits per heavy atom. The van der Waals surface area contributed by atoms with Gasteiger partial charge in [0.1, 0.15) is 11.9 Å². The van der Waals surface area contributed by atoms with Crippen LogP contribution in [0.1, 0.15) is 113 Å². The van der Waals surface area contributed by atoms with E-state index in [1.165, 1.54) is 0 Å². The zero-order valence-corrected chi connectivity index (χ0v) is 25.1. The lowest BCUT2D eigenvalue weighted by molar-refractivity contribution is -0.178. The number of aliphatic hydroxyl groups is 2. The van der Waals surface area contributed by atoms with Crippen molar-refractivity contribution in [2.75, 3.05) is 6.61 Å². The van der Waals surface area contributed by atoms with Crippen molar-refractivity contribution in [2.24, 2.45) is 50.2 Å². The third kappa shape index (κ3) is 4.15. The van der Waals surface area contributed by atoms with E-state index in [9.17, 15) is 25.1 Å². The Labute approximate surface area is 230 Å². The number of carbonyl (C=O) groups is 2. The summed E-state index contributed by atoms with van der Waals surface area (Å²) in [5.74, 6) is 0.630. The topological polar surface area (TPSA) is 98.4 Å². The molecule has 0 spiro atoms. The van der Waals surface area contributed by atoms with Crippen molar-refractivity contribution < 1.29 is 19.8 Å². The Kier molecular flexibility index (Phi) is 7.19. The second kappa shape index (κ2) is 9.27. The van der Waals surface area contributed by atoms with E-state index in [0.29, 0.717) is 12.8 Å². The molecule has 4 rings (SSSR count). The van der Waals surface area contributed by atoms with E-state index in [-0.39, 0.29) is 63.2 Å². The number of Topliss-reactive ketones (excluding diaryl/α,β-unsaturated/α-hetero) is 2. The first-order chi connectivity index (χ1) is 17.4. The highest BCUT2D eigenvalue weighted by atomic mass is 16.3. The van der Waals surface area contributed by atoms with Gasteiger partial charge in [-0.1, -0.05) is 61.5 Å². The Hall–Kier alpha value is -1.51. The van der Waals surface area contributed by atoms with Crippen LogP contribution >= 0.6 is 0 Å². The molecule has 5 heteroatoms. The van der Waals surface area contributed by atoms with Gasteiger partial charge in [-0.2, -0.15) is 5.26 Å². The van der Waals surface area contributed by atoms with Crippen molar-refractivity contribution in [3.8, 4) is 6.07 Å². The number of fused-ring (bicyclic) bond motifs is 3. The second-order valence-corrected chi connectivity index (χ2v) is 15.8. The first-order valence-corrected chi connectivity index (χ1v) is 14.9. The smallest absolute Gasteiger partial charge is 0.178 e. The van der Waals surface area contributed by atoms with Gasteiger partial charge in [-0.3, -0.25) is 9.59 Å². The van der Waals surface area contributed by atoms with Crippen LogP contribution in [0.25, 0.3) is 0 Å². The second-order valence-electron chi connectivity index (χ2n) is 15.8. The van der Waals surface area contributed by atoms with Crippen molar-refractivity contribution in [1.82, 2.24) is 0 Å². The summed E-state index contributed by atoms with van der Waals surface area (Å²) < 4.78 is 0. The van der Waals surface area contributed by atoms with Crippen LogP contribution in [0, 0.1) is 61.6 Å². The van der Waals surface area contributed by atoms with Crippen molar-refractivity contribution in [2.45, 2.75) is 119 Å². The van der Waals surface area contributed by atoms with E-state index in [1.54, 1.807) is 0 Å². The normalized spacial score (nSPS) is 44.9. The average molecular weight is 526 g/mol. The van der Waals surface area contributed by atoms with E-state index in [4.69, 9.17) is 0 Å². The molecular weight excluding hydrogens is 474 g/mol.